The minimum Gasteiger partial charge on any atom is -0.480 e. The van der Waals surface area contributed by atoms with Crippen LogP contribution in [0.2, 0.25) is 0 Å². The molecule has 2 atom stereocenters. The van der Waals surface area contributed by atoms with Gasteiger partial charge in [-0.3, -0.25) is 4.79 Å². The van der Waals surface area contributed by atoms with Crippen LogP contribution in [0.4, 0.5) is 4.79 Å². The molecule has 0 heterocycles. The smallest absolute Gasteiger partial charge is 0.480 e. The number of rotatable bonds is 5. The van der Waals surface area contributed by atoms with Crippen molar-refractivity contribution in [2.75, 3.05) is 6.61 Å². The zero-order chi connectivity index (χ0) is 14.5. The number of carboxylic acids is 1. The maximum Gasteiger partial charge on any atom is 0.514 e. The van der Waals surface area contributed by atoms with Crippen LogP contribution in [-0.4, -0.2) is 28.7 Å². The van der Waals surface area contributed by atoms with Gasteiger partial charge in [0.15, 0.2) is 5.66 Å². The Morgan fingerprint density at radius 3 is 2.37 bits per heavy atom. The van der Waals surface area contributed by atoms with Gasteiger partial charge in [-0.05, 0) is 12.5 Å². The van der Waals surface area contributed by atoms with Gasteiger partial charge in [0.1, 0.15) is 0 Å². The number of carboxylic acid groups (broad SMARTS) is 1. The first-order chi connectivity index (χ1) is 8.88. The van der Waals surface area contributed by atoms with Gasteiger partial charge in [-0.15, -0.1) is 0 Å². The number of ether oxygens (including phenoxy) is 1. The largest absolute Gasteiger partial charge is 0.514 e. The van der Waals surface area contributed by atoms with Gasteiger partial charge < -0.3 is 19.3 Å². The van der Waals surface area contributed by atoms with Crippen molar-refractivity contribution in [1.82, 2.24) is 0 Å². The molecule has 0 aliphatic rings. The van der Waals surface area contributed by atoms with E-state index in [0.29, 0.717) is 0 Å². The Kier molecular flexibility index (Phi) is 5.09. The highest BCUT2D eigenvalue weighted by atomic mass is 31.2. The van der Waals surface area contributed by atoms with Crippen molar-refractivity contribution in [1.29, 1.82) is 0 Å². The number of carbonyl (C=O) groups excluding carboxylic acids is 1. The predicted molar refractivity (Wildman–Crippen MR) is 64.8 cm³/mol. The minimum atomic E-state index is -4.74. The maximum absolute atomic E-state index is 11.9. The highest BCUT2D eigenvalue weighted by Gasteiger charge is 2.43. The van der Waals surface area contributed by atoms with Crippen molar-refractivity contribution in [2.45, 2.75) is 12.6 Å². The highest BCUT2D eigenvalue weighted by Crippen LogP contribution is 2.56. The lowest BCUT2D eigenvalue weighted by Gasteiger charge is -2.18. The van der Waals surface area contributed by atoms with E-state index in [-0.39, 0.29) is 12.2 Å². The van der Waals surface area contributed by atoms with Gasteiger partial charge >= 0.3 is 19.7 Å². The first-order valence-corrected chi connectivity index (χ1v) is 6.99. The molecule has 0 bridgehead atoms. The SMILES string of the molecule is CCOC(=O)OP(=O)(O)C(C(=O)O)c1ccccc1. The van der Waals surface area contributed by atoms with E-state index in [1.807, 2.05) is 0 Å². The molecule has 2 unspecified atom stereocenters. The van der Waals surface area contributed by atoms with Crippen molar-refractivity contribution in [3.05, 3.63) is 35.9 Å². The monoisotopic (exact) mass is 288 g/mol. The summed E-state index contributed by atoms with van der Waals surface area (Å²) in [6.07, 6.45) is -1.38. The zero-order valence-electron chi connectivity index (χ0n) is 10.1. The molecule has 0 spiro atoms. The van der Waals surface area contributed by atoms with E-state index in [2.05, 4.69) is 9.26 Å². The van der Waals surface area contributed by atoms with Gasteiger partial charge in [-0.2, -0.15) is 0 Å². The van der Waals surface area contributed by atoms with E-state index in [0.717, 1.165) is 0 Å². The third-order valence-electron chi connectivity index (χ3n) is 2.14. The second-order valence-electron chi connectivity index (χ2n) is 3.49. The molecule has 0 saturated carbocycles. The standard InChI is InChI=1S/C11H13O7P/c1-2-17-11(14)18-19(15,16)9(10(12)13)8-6-4-3-5-7-8/h3-7,9H,2H2,1H3,(H,12,13)(H,15,16). The third-order valence-corrected chi connectivity index (χ3v) is 3.73. The van der Waals surface area contributed by atoms with Crippen LogP contribution in [0, 0.1) is 0 Å². The van der Waals surface area contributed by atoms with Crippen LogP contribution in [0.15, 0.2) is 30.3 Å². The predicted octanol–water partition coefficient (Wildman–Crippen LogP) is 2.17. The number of carbonyl (C=O) groups is 2. The van der Waals surface area contributed by atoms with E-state index >= 15 is 0 Å². The molecule has 104 valence electrons. The fourth-order valence-electron chi connectivity index (χ4n) is 1.41. The number of hydrogen-bond donors (Lipinski definition) is 2. The third kappa shape index (κ3) is 4.08. The lowest BCUT2D eigenvalue weighted by molar-refractivity contribution is -0.137. The fourth-order valence-corrected chi connectivity index (χ4v) is 2.61. The Hall–Kier alpha value is -1.85. The Balaban J connectivity index is 3.02. The van der Waals surface area contributed by atoms with E-state index < -0.39 is 25.4 Å². The average Bonchev–Trinajstić information content (AvgIpc) is 2.28. The van der Waals surface area contributed by atoms with Crippen LogP contribution in [-0.2, 0) is 18.6 Å². The molecule has 0 aliphatic heterocycles. The van der Waals surface area contributed by atoms with Gasteiger partial charge in [0.05, 0.1) is 6.61 Å². The molecule has 0 fully saturated rings. The highest BCUT2D eigenvalue weighted by molar-refractivity contribution is 7.54. The van der Waals surface area contributed by atoms with Crippen LogP contribution in [0.25, 0.3) is 0 Å². The van der Waals surface area contributed by atoms with E-state index in [9.17, 15) is 19.0 Å². The molecule has 8 heteroatoms. The fraction of sp³-hybridized carbons (Fsp3) is 0.273. The van der Waals surface area contributed by atoms with Crippen LogP contribution in [0.5, 0.6) is 0 Å². The number of hydrogen-bond acceptors (Lipinski definition) is 5. The van der Waals surface area contributed by atoms with Gasteiger partial charge in [-0.25, -0.2) is 9.36 Å². The summed E-state index contributed by atoms with van der Waals surface area (Å²) in [6.45, 7) is 1.43. The van der Waals surface area contributed by atoms with E-state index in [4.69, 9.17) is 5.11 Å². The van der Waals surface area contributed by atoms with Crippen molar-refractivity contribution in [2.24, 2.45) is 0 Å². The van der Waals surface area contributed by atoms with Crippen molar-refractivity contribution < 1.29 is 33.4 Å². The summed E-state index contributed by atoms with van der Waals surface area (Å²) < 4.78 is 20.5. The first-order valence-electron chi connectivity index (χ1n) is 5.35. The Bertz CT molecular complexity index is 499. The molecule has 0 radical (unpaired) electrons. The number of benzene rings is 1. The van der Waals surface area contributed by atoms with Crippen LogP contribution in [0.1, 0.15) is 18.1 Å². The molecule has 0 aliphatic carbocycles. The quantitative estimate of drug-likeness (QED) is 0.631. The summed E-state index contributed by atoms with van der Waals surface area (Å²) in [5.41, 5.74) is -1.79. The minimum absolute atomic E-state index is 0.0537. The summed E-state index contributed by atoms with van der Waals surface area (Å²) in [6, 6.07) is 7.36. The summed E-state index contributed by atoms with van der Waals surface area (Å²) in [4.78, 5) is 31.8. The van der Waals surface area contributed by atoms with Gasteiger partial charge in [0.2, 0.25) is 0 Å². The second kappa shape index (κ2) is 6.36. The van der Waals surface area contributed by atoms with Crippen LogP contribution < -0.4 is 0 Å². The lowest BCUT2D eigenvalue weighted by Crippen LogP contribution is -2.16. The van der Waals surface area contributed by atoms with Crippen LogP contribution in [0.3, 0.4) is 0 Å². The molecular weight excluding hydrogens is 275 g/mol. The maximum atomic E-state index is 11.9. The molecule has 0 amide bonds. The summed E-state index contributed by atoms with van der Waals surface area (Å²) in [7, 11) is -4.74. The van der Waals surface area contributed by atoms with Crippen molar-refractivity contribution in [3.63, 3.8) is 0 Å². The summed E-state index contributed by atoms with van der Waals surface area (Å²) in [5.74, 6) is -1.57. The molecule has 1 aromatic rings. The average molecular weight is 288 g/mol. The molecule has 7 nitrogen and oxygen atoms in total. The van der Waals surface area contributed by atoms with E-state index in [1.165, 1.54) is 31.2 Å². The topological polar surface area (TPSA) is 110 Å². The summed E-state index contributed by atoms with van der Waals surface area (Å²) >= 11 is 0. The van der Waals surface area contributed by atoms with Crippen molar-refractivity contribution >= 4 is 19.7 Å². The molecule has 0 saturated heterocycles. The van der Waals surface area contributed by atoms with Gasteiger partial charge in [0.25, 0.3) is 0 Å². The summed E-state index contributed by atoms with van der Waals surface area (Å²) in [5, 5.41) is 9.04. The Morgan fingerprint density at radius 1 is 1.32 bits per heavy atom. The lowest BCUT2D eigenvalue weighted by atomic mass is 10.1. The first kappa shape index (κ1) is 15.2. The molecular formula is C11H13O7P. The van der Waals surface area contributed by atoms with E-state index in [1.54, 1.807) is 6.07 Å². The Labute approximate surface area is 109 Å². The van der Waals surface area contributed by atoms with Crippen LogP contribution >= 0.6 is 7.60 Å². The van der Waals surface area contributed by atoms with Gasteiger partial charge in [0, 0.05) is 0 Å². The molecule has 0 aromatic heterocycles. The second-order valence-corrected chi connectivity index (χ2v) is 5.32. The molecule has 1 aromatic carbocycles. The number of aliphatic carboxylic acids is 1. The zero-order valence-corrected chi connectivity index (χ0v) is 10.9. The molecule has 2 N–H and O–H groups in total. The van der Waals surface area contributed by atoms with Gasteiger partial charge in [-0.1, -0.05) is 30.3 Å². The molecule has 1 rings (SSSR count). The normalized spacial score (nSPS) is 15.1. The Morgan fingerprint density at radius 2 is 1.89 bits per heavy atom. The van der Waals surface area contributed by atoms with Crippen molar-refractivity contribution in [3.8, 4) is 0 Å². The molecule has 19 heavy (non-hydrogen) atoms.